The van der Waals surface area contributed by atoms with Crippen LogP contribution in [0.5, 0.6) is 0 Å². The van der Waals surface area contributed by atoms with Gasteiger partial charge in [-0.2, -0.15) is 23.2 Å². The second-order valence-electron chi connectivity index (χ2n) is 3.06. The molecule has 0 spiro atoms. The van der Waals surface area contributed by atoms with E-state index in [0.717, 1.165) is 11.5 Å². The van der Waals surface area contributed by atoms with Crippen molar-refractivity contribution in [3.63, 3.8) is 0 Å². The van der Waals surface area contributed by atoms with Crippen LogP contribution in [-0.2, 0) is 7.05 Å². The van der Waals surface area contributed by atoms with Crippen molar-refractivity contribution >= 4 is 18.7 Å². The van der Waals surface area contributed by atoms with Gasteiger partial charge in [0, 0.05) is 7.05 Å². The third kappa shape index (κ3) is 2.39. The Morgan fingerprint density at radius 1 is 1.60 bits per heavy atom. The zero-order valence-corrected chi connectivity index (χ0v) is 9.36. The number of thiol groups is 1. The minimum absolute atomic E-state index is 0.0183. The molecular weight excluding hydrogens is 208 g/mol. The highest BCUT2D eigenvalue weighted by Crippen LogP contribution is 2.18. The summed E-state index contributed by atoms with van der Waals surface area (Å²) in [7, 11) is 1.83. The Hall–Kier alpha value is -1.72. The summed E-state index contributed by atoms with van der Waals surface area (Å²) in [6.45, 7) is 1.91. The van der Waals surface area contributed by atoms with Crippen LogP contribution in [0.3, 0.4) is 0 Å². The van der Waals surface area contributed by atoms with Crippen LogP contribution in [-0.4, -0.2) is 9.55 Å². The van der Waals surface area contributed by atoms with Gasteiger partial charge in [-0.05, 0) is 13.0 Å². The lowest BCUT2D eigenvalue weighted by molar-refractivity contribution is 0.794. The number of rotatable bonds is 2. The van der Waals surface area contributed by atoms with Gasteiger partial charge in [-0.3, -0.25) is 0 Å². The van der Waals surface area contributed by atoms with E-state index in [-0.39, 0.29) is 10.8 Å². The second kappa shape index (κ2) is 4.68. The van der Waals surface area contributed by atoms with Crippen molar-refractivity contribution in [2.24, 2.45) is 7.05 Å². The van der Waals surface area contributed by atoms with Crippen LogP contribution in [0.15, 0.2) is 11.8 Å². The van der Waals surface area contributed by atoms with Crippen molar-refractivity contribution in [1.29, 1.82) is 10.5 Å². The molecule has 1 heterocycles. The number of imidazole rings is 1. The van der Waals surface area contributed by atoms with Gasteiger partial charge in [0.15, 0.2) is 0 Å². The predicted molar refractivity (Wildman–Crippen MR) is 59.8 cm³/mol. The maximum Gasteiger partial charge on any atom is 0.131 e. The maximum absolute atomic E-state index is 8.61. The van der Waals surface area contributed by atoms with Crippen molar-refractivity contribution in [3.8, 4) is 12.1 Å². The average Bonchev–Trinajstić information content (AvgIpc) is 2.56. The summed E-state index contributed by atoms with van der Waals surface area (Å²) in [5.74, 6) is 0.805. The Morgan fingerprint density at radius 2 is 2.20 bits per heavy atom. The molecule has 0 fully saturated rings. The van der Waals surface area contributed by atoms with E-state index in [0.29, 0.717) is 0 Å². The summed E-state index contributed by atoms with van der Waals surface area (Å²) in [5, 5.41) is 17.2. The summed E-state index contributed by atoms with van der Waals surface area (Å²) in [5.41, 5.74) is 0.792. The molecule has 0 saturated heterocycles. The predicted octanol–water partition coefficient (Wildman–Crippen LogP) is 1.84. The molecule has 0 radical (unpaired) electrons. The molecule has 0 bridgehead atoms. The molecule has 1 aromatic heterocycles. The molecule has 76 valence electrons. The number of hydrogen-bond donors (Lipinski definition) is 1. The normalized spacial score (nSPS) is 11.3. The first-order valence-electron chi connectivity index (χ1n) is 4.31. The van der Waals surface area contributed by atoms with Crippen molar-refractivity contribution in [1.82, 2.24) is 9.55 Å². The topological polar surface area (TPSA) is 65.4 Å². The number of nitrogens with zero attached hydrogens (tertiary/aromatic N) is 4. The maximum atomic E-state index is 8.61. The van der Waals surface area contributed by atoms with Crippen LogP contribution in [0.2, 0.25) is 0 Å². The molecule has 1 aromatic rings. The molecule has 4 nitrogen and oxygen atoms in total. The highest BCUT2D eigenvalue weighted by Gasteiger charge is 2.09. The van der Waals surface area contributed by atoms with Gasteiger partial charge in [0.1, 0.15) is 23.5 Å². The molecule has 5 heteroatoms. The highest BCUT2D eigenvalue weighted by molar-refractivity contribution is 7.80. The van der Waals surface area contributed by atoms with Gasteiger partial charge in [-0.1, -0.05) is 0 Å². The van der Waals surface area contributed by atoms with Crippen LogP contribution in [0.4, 0.5) is 0 Å². The SMILES string of the molecule is CC(S)c1ncc(C=C(C#N)C#N)n1C. The molecule has 0 aliphatic rings. The van der Waals surface area contributed by atoms with Gasteiger partial charge in [0.2, 0.25) is 0 Å². The number of hydrogen-bond acceptors (Lipinski definition) is 4. The summed E-state index contributed by atoms with van der Waals surface area (Å²) >= 11 is 4.27. The van der Waals surface area contributed by atoms with Crippen molar-refractivity contribution in [2.75, 3.05) is 0 Å². The first-order valence-corrected chi connectivity index (χ1v) is 4.83. The smallest absolute Gasteiger partial charge is 0.131 e. The van der Waals surface area contributed by atoms with Crippen molar-refractivity contribution < 1.29 is 0 Å². The zero-order valence-electron chi connectivity index (χ0n) is 8.47. The molecule has 1 atom stereocenters. The fourth-order valence-corrected chi connectivity index (χ4v) is 1.44. The van der Waals surface area contributed by atoms with E-state index in [1.165, 1.54) is 6.08 Å². The van der Waals surface area contributed by atoms with Crippen LogP contribution in [0, 0.1) is 22.7 Å². The molecular formula is C10H10N4S. The molecule has 0 amide bonds. The first-order chi connectivity index (χ1) is 7.10. The summed E-state index contributed by atoms with van der Waals surface area (Å²) in [6.07, 6.45) is 3.13. The van der Waals surface area contributed by atoms with E-state index >= 15 is 0 Å². The van der Waals surface area contributed by atoms with E-state index in [9.17, 15) is 0 Å². The molecule has 0 aliphatic carbocycles. The minimum atomic E-state index is 0.0183. The van der Waals surface area contributed by atoms with E-state index in [4.69, 9.17) is 10.5 Å². The monoisotopic (exact) mass is 218 g/mol. The number of nitriles is 2. The average molecular weight is 218 g/mol. The van der Waals surface area contributed by atoms with Gasteiger partial charge in [-0.25, -0.2) is 4.98 Å². The molecule has 0 aliphatic heterocycles. The Morgan fingerprint density at radius 3 is 2.60 bits per heavy atom. The van der Waals surface area contributed by atoms with Crippen LogP contribution in [0.25, 0.3) is 6.08 Å². The molecule has 0 aromatic carbocycles. The quantitative estimate of drug-likeness (QED) is 0.608. The Balaban J connectivity index is 3.15. The summed E-state index contributed by atoms with van der Waals surface area (Å²) in [6, 6.07) is 3.61. The van der Waals surface area contributed by atoms with Gasteiger partial charge < -0.3 is 4.57 Å². The Kier molecular flexibility index (Phi) is 3.54. The zero-order chi connectivity index (χ0) is 11.4. The third-order valence-corrected chi connectivity index (χ3v) is 2.20. The van der Waals surface area contributed by atoms with Crippen LogP contribution >= 0.6 is 12.6 Å². The highest BCUT2D eigenvalue weighted by atomic mass is 32.1. The second-order valence-corrected chi connectivity index (χ2v) is 3.83. The Bertz CT molecular complexity index is 455. The molecule has 0 N–H and O–H groups in total. The van der Waals surface area contributed by atoms with Crippen molar-refractivity contribution in [3.05, 3.63) is 23.3 Å². The fourth-order valence-electron chi connectivity index (χ4n) is 1.20. The largest absolute Gasteiger partial charge is 0.331 e. The third-order valence-electron chi connectivity index (χ3n) is 1.97. The minimum Gasteiger partial charge on any atom is -0.331 e. The summed E-state index contributed by atoms with van der Waals surface area (Å²) < 4.78 is 1.81. The standard InChI is InChI=1S/C10H10N4S/c1-7(15)10-13-6-9(14(10)2)3-8(4-11)5-12/h3,6-7,15H,1-2H3. The van der Waals surface area contributed by atoms with Gasteiger partial charge >= 0.3 is 0 Å². The summed E-state index contributed by atoms with van der Waals surface area (Å²) in [4.78, 5) is 4.16. The van der Waals surface area contributed by atoms with Gasteiger partial charge in [0.25, 0.3) is 0 Å². The molecule has 0 saturated carbocycles. The van der Waals surface area contributed by atoms with E-state index in [2.05, 4.69) is 17.6 Å². The first kappa shape index (κ1) is 11.4. The number of aromatic nitrogens is 2. The lowest BCUT2D eigenvalue weighted by atomic mass is 10.2. The molecule has 1 rings (SSSR count). The Labute approximate surface area is 93.9 Å². The van der Waals surface area contributed by atoms with Gasteiger partial charge in [0.05, 0.1) is 17.1 Å². The lowest BCUT2D eigenvalue weighted by Crippen LogP contribution is -2.00. The fraction of sp³-hybridized carbons (Fsp3) is 0.300. The lowest BCUT2D eigenvalue weighted by Gasteiger charge is -2.04. The van der Waals surface area contributed by atoms with E-state index in [1.807, 2.05) is 18.5 Å². The van der Waals surface area contributed by atoms with Gasteiger partial charge in [-0.15, -0.1) is 0 Å². The van der Waals surface area contributed by atoms with E-state index in [1.54, 1.807) is 18.3 Å². The van der Waals surface area contributed by atoms with Crippen LogP contribution in [0.1, 0.15) is 23.7 Å². The molecule has 1 unspecified atom stereocenters. The van der Waals surface area contributed by atoms with Crippen molar-refractivity contribution in [2.45, 2.75) is 12.2 Å². The van der Waals surface area contributed by atoms with E-state index < -0.39 is 0 Å². The molecule has 15 heavy (non-hydrogen) atoms. The van der Waals surface area contributed by atoms with Crippen LogP contribution < -0.4 is 0 Å². The number of allylic oxidation sites excluding steroid dienone is 1.